The quantitative estimate of drug-likeness (QED) is 0.833. The summed E-state index contributed by atoms with van der Waals surface area (Å²) in [6.07, 6.45) is 0.106. The molecule has 0 aliphatic carbocycles. The molecule has 21 heavy (non-hydrogen) atoms. The van der Waals surface area contributed by atoms with Gasteiger partial charge in [0.1, 0.15) is 0 Å². The van der Waals surface area contributed by atoms with E-state index in [0.29, 0.717) is 12.1 Å². The summed E-state index contributed by atoms with van der Waals surface area (Å²) in [5, 5.41) is 6.67. The van der Waals surface area contributed by atoms with E-state index in [-0.39, 0.29) is 18.3 Å². The molecule has 1 heterocycles. The standard InChI is InChI=1S/C16H17NO3S/c1-12(16(19)17-14-5-3-2-4-6-14)20-15(18)8-7-13-9-10-21-11-13/h2-6,9-12H,7-8H2,1H3,(H,17,19)/t12-/m0/s1. The van der Waals surface area contributed by atoms with Gasteiger partial charge in [0.2, 0.25) is 0 Å². The van der Waals surface area contributed by atoms with Gasteiger partial charge in [0.05, 0.1) is 0 Å². The van der Waals surface area contributed by atoms with Crippen molar-refractivity contribution in [2.24, 2.45) is 0 Å². The van der Waals surface area contributed by atoms with Crippen molar-refractivity contribution >= 4 is 28.9 Å². The van der Waals surface area contributed by atoms with Gasteiger partial charge < -0.3 is 10.1 Å². The number of nitrogens with one attached hydrogen (secondary N) is 1. The number of para-hydroxylation sites is 1. The monoisotopic (exact) mass is 303 g/mol. The third kappa shape index (κ3) is 5.04. The van der Waals surface area contributed by atoms with Gasteiger partial charge in [-0.25, -0.2) is 0 Å². The summed E-state index contributed by atoms with van der Waals surface area (Å²) in [5.41, 5.74) is 1.79. The largest absolute Gasteiger partial charge is 0.453 e. The van der Waals surface area contributed by atoms with Crippen LogP contribution in [0.2, 0.25) is 0 Å². The maximum absolute atomic E-state index is 11.9. The van der Waals surface area contributed by atoms with Crippen molar-refractivity contribution in [1.29, 1.82) is 0 Å². The number of amides is 1. The molecule has 0 aliphatic heterocycles. The van der Waals surface area contributed by atoms with Crippen LogP contribution in [0.5, 0.6) is 0 Å². The van der Waals surface area contributed by atoms with Crippen molar-refractivity contribution in [3.05, 3.63) is 52.7 Å². The van der Waals surface area contributed by atoms with Crippen molar-refractivity contribution in [3.8, 4) is 0 Å². The van der Waals surface area contributed by atoms with Crippen LogP contribution in [-0.4, -0.2) is 18.0 Å². The predicted octanol–water partition coefficient (Wildman–Crippen LogP) is 3.25. The number of aryl methyl sites for hydroxylation is 1. The number of benzene rings is 1. The molecule has 0 fully saturated rings. The molecule has 110 valence electrons. The zero-order chi connectivity index (χ0) is 15.1. The zero-order valence-corrected chi connectivity index (χ0v) is 12.6. The maximum atomic E-state index is 11.9. The minimum Gasteiger partial charge on any atom is -0.453 e. The lowest BCUT2D eigenvalue weighted by Gasteiger charge is -2.13. The number of anilines is 1. The van der Waals surface area contributed by atoms with Crippen molar-refractivity contribution < 1.29 is 14.3 Å². The normalized spacial score (nSPS) is 11.7. The molecule has 0 unspecified atom stereocenters. The Morgan fingerprint density at radius 1 is 1.24 bits per heavy atom. The zero-order valence-electron chi connectivity index (χ0n) is 11.7. The highest BCUT2D eigenvalue weighted by Crippen LogP contribution is 2.10. The highest BCUT2D eigenvalue weighted by molar-refractivity contribution is 7.07. The topological polar surface area (TPSA) is 55.4 Å². The van der Waals surface area contributed by atoms with Gasteiger partial charge in [-0.2, -0.15) is 11.3 Å². The molecule has 1 aromatic carbocycles. The Bertz CT molecular complexity index is 581. The third-order valence-electron chi connectivity index (χ3n) is 2.92. The fraction of sp³-hybridized carbons (Fsp3) is 0.250. The van der Waals surface area contributed by atoms with Gasteiger partial charge in [0.25, 0.3) is 5.91 Å². The second-order valence-corrected chi connectivity index (χ2v) is 5.40. The molecule has 1 atom stereocenters. The molecular formula is C16H17NO3S. The molecule has 0 bridgehead atoms. The van der Waals surface area contributed by atoms with Gasteiger partial charge in [0, 0.05) is 12.1 Å². The van der Waals surface area contributed by atoms with Crippen LogP contribution in [0.1, 0.15) is 18.9 Å². The fourth-order valence-corrected chi connectivity index (χ4v) is 2.46. The lowest BCUT2D eigenvalue weighted by molar-refractivity contribution is -0.153. The Morgan fingerprint density at radius 3 is 2.67 bits per heavy atom. The number of ether oxygens (including phenoxy) is 1. The number of rotatable bonds is 6. The molecule has 4 nitrogen and oxygen atoms in total. The number of esters is 1. The molecule has 0 saturated heterocycles. The Hall–Kier alpha value is -2.14. The molecule has 2 aromatic rings. The van der Waals surface area contributed by atoms with Crippen LogP contribution in [-0.2, 0) is 20.7 Å². The molecule has 2 rings (SSSR count). The molecule has 0 aliphatic rings. The first kappa shape index (κ1) is 15.3. The van der Waals surface area contributed by atoms with E-state index in [1.54, 1.807) is 30.4 Å². The molecule has 0 spiro atoms. The van der Waals surface area contributed by atoms with Crippen LogP contribution >= 0.6 is 11.3 Å². The first-order chi connectivity index (χ1) is 10.1. The fourth-order valence-electron chi connectivity index (χ4n) is 1.76. The van der Waals surface area contributed by atoms with Gasteiger partial charge in [-0.1, -0.05) is 18.2 Å². The molecular weight excluding hydrogens is 286 g/mol. The number of hydrogen-bond acceptors (Lipinski definition) is 4. The van der Waals surface area contributed by atoms with E-state index in [2.05, 4.69) is 5.32 Å². The van der Waals surface area contributed by atoms with Gasteiger partial charge in [-0.05, 0) is 47.9 Å². The average Bonchev–Trinajstić information content (AvgIpc) is 2.99. The molecule has 0 saturated carbocycles. The SMILES string of the molecule is C[C@H](OC(=O)CCc1ccsc1)C(=O)Nc1ccccc1. The summed E-state index contributed by atoms with van der Waals surface area (Å²) in [6.45, 7) is 1.57. The third-order valence-corrected chi connectivity index (χ3v) is 3.65. The van der Waals surface area contributed by atoms with Crippen molar-refractivity contribution in [2.75, 3.05) is 5.32 Å². The van der Waals surface area contributed by atoms with E-state index >= 15 is 0 Å². The molecule has 1 aromatic heterocycles. The van der Waals surface area contributed by atoms with Crippen LogP contribution in [0.15, 0.2) is 47.2 Å². The van der Waals surface area contributed by atoms with Gasteiger partial charge in [-0.3, -0.25) is 9.59 Å². The second kappa shape index (κ2) is 7.59. The van der Waals surface area contributed by atoms with Crippen LogP contribution in [0, 0.1) is 0 Å². The van der Waals surface area contributed by atoms with Crippen LogP contribution in [0.25, 0.3) is 0 Å². The van der Waals surface area contributed by atoms with Crippen LogP contribution < -0.4 is 5.32 Å². The second-order valence-electron chi connectivity index (χ2n) is 4.62. The van der Waals surface area contributed by atoms with E-state index in [1.807, 2.05) is 35.0 Å². The van der Waals surface area contributed by atoms with Crippen LogP contribution in [0.4, 0.5) is 5.69 Å². The Labute approximate surface area is 127 Å². The Kier molecular flexibility index (Phi) is 5.51. The Morgan fingerprint density at radius 2 is 2.00 bits per heavy atom. The molecule has 1 N–H and O–H groups in total. The summed E-state index contributed by atoms with van der Waals surface area (Å²) in [5.74, 6) is -0.693. The van der Waals surface area contributed by atoms with E-state index in [1.165, 1.54) is 0 Å². The van der Waals surface area contributed by atoms with Crippen molar-refractivity contribution in [1.82, 2.24) is 0 Å². The summed E-state index contributed by atoms with van der Waals surface area (Å²) >= 11 is 1.60. The van der Waals surface area contributed by atoms with Gasteiger partial charge in [-0.15, -0.1) is 0 Å². The first-order valence-electron chi connectivity index (χ1n) is 6.71. The van der Waals surface area contributed by atoms with E-state index in [0.717, 1.165) is 5.56 Å². The number of carbonyl (C=O) groups excluding carboxylic acids is 2. The smallest absolute Gasteiger partial charge is 0.306 e. The van der Waals surface area contributed by atoms with Crippen LogP contribution in [0.3, 0.4) is 0 Å². The van der Waals surface area contributed by atoms with Gasteiger partial charge in [0.15, 0.2) is 6.10 Å². The van der Waals surface area contributed by atoms with Crippen molar-refractivity contribution in [2.45, 2.75) is 25.9 Å². The minimum absolute atomic E-state index is 0.277. The van der Waals surface area contributed by atoms with Gasteiger partial charge >= 0.3 is 5.97 Å². The summed E-state index contributed by atoms with van der Waals surface area (Å²) in [7, 11) is 0. The Balaban J connectivity index is 1.76. The number of hydrogen-bond donors (Lipinski definition) is 1. The predicted molar refractivity (Wildman–Crippen MR) is 83.3 cm³/mol. The van der Waals surface area contributed by atoms with E-state index in [9.17, 15) is 9.59 Å². The summed E-state index contributed by atoms with van der Waals surface area (Å²) < 4.78 is 5.14. The number of carbonyl (C=O) groups is 2. The first-order valence-corrected chi connectivity index (χ1v) is 7.66. The number of thiophene rings is 1. The minimum atomic E-state index is -0.805. The van der Waals surface area contributed by atoms with Crippen molar-refractivity contribution in [3.63, 3.8) is 0 Å². The molecule has 5 heteroatoms. The maximum Gasteiger partial charge on any atom is 0.306 e. The highest BCUT2D eigenvalue weighted by Gasteiger charge is 2.17. The van der Waals surface area contributed by atoms with E-state index < -0.39 is 6.10 Å². The summed E-state index contributed by atoms with van der Waals surface area (Å²) in [6, 6.07) is 11.1. The summed E-state index contributed by atoms with van der Waals surface area (Å²) in [4.78, 5) is 23.6. The average molecular weight is 303 g/mol. The lowest BCUT2D eigenvalue weighted by atomic mass is 10.2. The highest BCUT2D eigenvalue weighted by atomic mass is 32.1. The molecule has 1 amide bonds. The lowest BCUT2D eigenvalue weighted by Crippen LogP contribution is -2.30. The molecule has 0 radical (unpaired) electrons. The van der Waals surface area contributed by atoms with E-state index in [4.69, 9.17) is 4.74 Å².